The average molecular weight is 336 g/mol. The Morgan fingerprint density at radius 2 is 1.84 bits per heavy atom. The molecule has 0 bridgehead atoms. The van der Waals surface area contributed by atoms with Crippen molar-refractivity contribution in [2.45, 2.75) is 25.3 Å². The molecular formula is C20H24N4O. The fourth-order valence-electron chi connectivity index (χ4n) is 3.82. The van der Waals surface area contributed by atoms with Crippen molar-refractivity contribution in [3.8, 4) is 0 Å². The van der Waals surface area contributed by atoms with E-state index in [0.717, 1.165) is 51.3 Å². The number of anilines is 1. The van der Waals surface area contributed by atoms with Crippen LogP contribution in [0.5, 0.6) is 0 Å². The number of nitrogens with one attached hydrogen (secondary N) is 1. The first-order valence-electron chi connectivity index (χ1n) is 9.10. The summed E-state index contributed by atoms with van der Waals surface area (Å²) in [6.45, 7) is 3.12. The monoisotopic (exact) mass is 336 g/mol. The van der Waals surface area contributed by atoms with Gasteiger partial charge in [-0.2, -0.15) is 0 Å². The predicted octanol–water partition coefficient (Wildman–Crippen LogP) is 2.99. The lowest BCUT2D eigenvalue weighted by molar-refractivity contribution is 0.189. The molecule has 2 heterocycles. The summed E-state index contributed by atoms with van der Waals surface area (Å²) >= 11 is 0. The van der Waals surface area contributed by atoms with Gasteiger partial charge in [-0.1, -0.05) is 30.3 Å². The van der Waals surface area contributed by atoms with E-state index in [-0.39, 0.29) is 12.1 Å². The minimum Gasteiger partial charge on any atom is -0.353 e. The first kappa shape index (κ1) is 15.9. The van der Waals surface area contributed by atoms with Gasteiger partial charge in [0.1, 0.15) is 5.82 Å². The molecular weight excluding hydrogens is 312 g/mol. The standard InChI is InChI=1S/C20H24N4O/c25-20(22-18-9-5-7-16-6-1-2-8-17(16)18)24-14-12-23(13-15-24)19-10-3-4-11-21-19/h1-4,6,8,10-11,18H,5,7,9,12-15H2,(H,22,25). The van der Waals surface area contributed by atoms with E-state index in [1.165, 1.54) is 11.1 Å². The van der Waals surface area contributed by atoms with Gasteiger partial charge in [0.25, 0.3) is 0 Å². The Labute approximate surface area is 148 Å². The van der Waals surface area contributed by atoms with E-state index in [0.29, 0.717) is 0 Å². The molecule has 1 N–H and O–H groups in total. The Morgan fingerprint density at radius 3 is 2.64 bits per heavy atom. The Kier molecular flexibility index (Phi) is 4.55. The van der Waals surface area contributed by atoms with Gasteiger partial charge in [0.05, 0.1) is 6.04 Å². The van der Waals surface area contributed by atoms with Crippen LogP contribution in [0.1, 0.15) is 30.0 Å². The number of pyridine rings is 1. The van der Waals surface area contributed by atoms with E-state index in [4.69, 9.17) is 0 Å². The second-order valence-electron chi connectivity index (χ2n) is 6.76. The van der Waals surface area contributed by atoms with Crippen LogP contribution in [0.25, 0.3) is 0 Å². The van der Waals surface area contributed by atoms with Crippen molar-refractivity contribution in [2.75, 3.05) is 31.1 Å². The van der Waals surface area contributed by atoms with E-state index >= 15 is 0 Å². The van der Waals surface area contributed by atoms with Crippen molar-refractivity contribution in [3.05, 3.63) is 59.8 Å². The zero-order valence-corrected chi connectivity index (χ0v) is 14.4. The number of urea groups is 1. The van der Waals surface area contributed by atoms with Crippen LogP contribution in [0.15, 0.2) is 48.7 Å². The third-order valence-electron chi connectivity index (χ3n) is 5.21. The van der Waals surface area contributed by atoms with Crippen molar-refractivity contribution in [3.63, 3.8) is 0 Å². The second-order valence-corrected chi connectivity index (χ2v) is 6.76. The molecule has 1 fully saturated rings. The van der Waals surface area contributed by atoms with Crippen LogP contribution in [0.2, 0.25) is 0 Å². The highest BCUT2D eigenvalue weighted by atomic mass is 16.2. The summed E-state index contributed by atoms with van der Waals surface area (Å²) in [7, 11) is 0. The first-order chi connectivity index (χ1) is 12.3. The zero-order chi connectivity index (χ0) is 17.1. The van der Waals surface area contributed by atoms with Gasteiger partial charge in [-0.3, -0.25) is 0 Å². The summed E-state index contributed by atoms with van der Waals surface area (Å²) < 4.78 is 0. The number of fused-ring (bicyclic) bond motifs is 1. The van der Waals surface area contributed by atoms with Gasteiger partial charge in [0.2, 0.25) is 0 Å². The number of carbonyl (C=O) groups is 1. The van der Waals surface area contributed by atoms with Gasteiger partial charge in [0, 0.05) is 32.4 Å². The molecule has 1 aromatic carbocycles. The van der Waals surface area contributed by atoms with Crippen molar-refractivity contribution in [2.24, 2.45) is 0 Å². The van der Waals surface area contributed by atoms with Crippen LogP contribution < -0.4 is 10.2 Å². The number of hydrogen-bond donors (Lipinski definition) is 1. The molecule has 2 aromatic rings. The number of rotatable bonds is 2. The largest absolute Gasteiger partial charge is 0.353 e. The number of aryl methyl sites for hydroxylation is 1. The Hall–Kier alpha value is -2.56. The van der Waals surface area contributed by atoms with Crippen molar-refractivity contribution in [1.29, 1.82) is 0 Å². The highest BCUT2D eigenvalue weighted by Gasteiger charge is 2.26. The minimum atomic E-state index is 0.0578. The Morgan fingerprint density at radius 1 is 1.04 bits per heavy atom. The molecule has 2 amide bonds. The molecule has 1 atom stereocenters. The lowest BCUT2D eigenvalue weighted by Gasteiger charge is -2.36. The molecule has 2 aliphatic rings. The highest BCUT2D eigenvalue weighted by Crippen LogP contribution is 2.29. The second kappa shape index (κ2) is 7.13. The lowest BCUT2D eigenvalue weighted by atomic mass is 9.88. The molecule has 25 heavy (non-hydrogen) atoms. The van der Waals surface area contributed by atoms with Crippen LogP contribution in [-0.2, 0) is 6.42 Å². The summed E-state index contributed by atoms with van der Waals surface area (Å²) in [5.41, 5.74) is 2.66. The number of benzene rings is 1. The van der Waals surface area contributed by atoms with E-state index < -0.39 is 0 Å². The third kappa shape index (κ3) is 3.45. The number of carbonyl (C=O) groups excluding carboxylic acids is 1. The lowest BCUT2D eigenvalue weighted by Crippen LogP contribution is -2.52. The normalized spacial score (nSPS) is 20.1. The average Bonchev–Trinajstić information content (AvgIpc) is 2.69. The van der Waals surface area contributed by atoms with Gasteiger partial charge in [0.15, 0.2) is 0 Å². The highest BCUT2D eigenvalue weighted by molar-refractivity contribution is 5.75. The molecule has 130 valence electrons. The molecule has 4 rings (SSSR count). The first-order valence-corrected chi connectivity index (χ1v) is 9.10. The Bertz CT molecular complexity index is 725. The summed E-state index contributed by atoms with van der Waals surface area (Å²) in [5.74, 6) is 0.990. The SMILES string of the molecule is O=C(NC1CCCc2ccccc21)N1CCN(c2ccccn2)CC1. The van der Waals surface area contributed by atoms with Crippen LogP contribution in [0.3, 0.4) is 0 Å². The molecule has 1 saturated heterocycles. The fourth-order valence-corrected chi connectivity index (χ4v) is 3.82. The van der Waals surface area contributed by atoms with Gasteiger partial charge < -0.3 is 15.1 Å². The number of nitrogens with zero attached hydrogens (tertiary/aromatic N) is 3. The van der Waals surface area contributed by atoms with Gasteiger partial charge in [-0.25, -0.2) is 9.78 Å². The van der Waals surface area contributed by atoms with E-state index in [2.05, 4.69) is 39.5 Å². The van der Waals surface area contributed by atoms with Crippen molar-refractivity contribution >= 4 is 11.8 Å². The summed E-state index contributed by atoms with van der Waals surface area (Å²) in [4.78, 5) is 21.3. The number of hydrogen-bond acceptors (Lipinski definition) is 3. The van der Waals surface area contributed by atoms with Gasteiger partial charge in [-0.15, -0.1) is 0 Å². The van der Waals surface area contributed by atoms with Crippen LogP contribution >= 0.6 is 0 Å². The fraction of sp³-hybridized carbons (Fsp3) is 0.400. The van der Waals surface area contributed by atoms with Crippen LogP contribution in [0, 0.1) is 0 Å². The maximum Gasteiger partial charge on any atom is 0.318 e. The maximum atomic E-state index is 12.7. The summed E-state index contributed by atoms with van der Waals surface area (Å²) in [5, 5.41) is 3.25. The quantitative estimate of drug-likeness (QED) is 0.917. The molecule has 5 heteroatoms. The smallest absolute Gasteiger partial charge is 0.318 e. The molecule has 5 nitrogen and oxygen atoms in total. The minimum absolute atomic E-state index is 0.0578. The van der Waals surface area contributed by atoms with E-state index in [1.54, 1.807) is 0 Å². The van der Waals surface area contributed by atoms with Crippen molar-refractivity contribution in [1.82, 2.24) is 15.2 Å². The number of piperazine rings is 1. The molecule has 0 saturated carbocycles. The molecule has 1 aliphatic carbocycles. The maximum absolute atomic E-state index is 12.7. The van der Waals surface area contributed by atoms with Gasteiger partial charge >= 0.3 is 6.03 Å². The predicted molar refractivity (Wildman–Crippen MR) is 98.7 cm³/mol. The third-order valence-corrected chi connectivity index (χ3v) is 5.21. The summed E-state index contributed by atoms with van der Waals surface area (Å²) in [6, 6.07) is 14.6. The molecule has 0 spiro atoms. The van der Waals surface area contributed by atoms with E-state index in [1.807, 2.05) is 29.3 Å². The molecule has 0 radical (unpaired) electrons. The molecule has 1 unspecified atom stereocenters. The topological polar surface area (TPSA) is 48.5 Å². The molecule has 1 aliphatic heterocycles. The molecule has 1 aromatic heterocycles. The number of aromatic nitrogens is 1. The van der Waals surface area contributed by atoms with Crippen LogP contribution in [-0.4, -0.2) is 42.1 Å². The number of amides is 2. The van der Waals surface area contributed by atoms with Crippen molar-refractivity contribution < 1.29 is 4.79 Å². The van der Waals surface area contributed by atoms with E-state index in [9.17, 15) is 4.79 Å². The Balaban J connectivity index is 1.36. The van der Waals surface area contributed by atoms with Gasteiger partial charge in [-0.05, 0) is 42.5 Å². The summed E-state index contributed by atoms with van der Waals surface area (Å²) in [6.07, 6.45) is 5.09. The van der Waals surface area contributed by atoms with Crippen LogP contribution in [0.4, 0.5) is 10.6 Å². The zero-order valence-electron chi connectivity index (χ0n) is 14.4.